The summed E-state index contributed by atoms with van der Waals surface area (Å²) in [5.41, 5.74) is 5.58. The fraction of sp³-hybridized carbons (Fsp3) is 0.364. The second kappa shape index (κ2) is 5.95. The molecule has 4 N–H and O–H groups in total. The highest BCUT2D eigenvalue weighted by molar-refractivity contribution is 6.34. The van der Waals surface area contributed by atoms with Crippen molar-refractivity contribution in [3.8, 4) is 0 Å². The number of rotatable bonds is 4. The maximum Gasteiger partial charge on any atom is 0.252 e. The van der Waals surface area contributed by atoms with Gasteiger partial charge in [-0.25, -0.2) is 4.39 Å². The van der Waals surface area contributed by atoms with Gasteiger partial charge in [-0.3, -0.25) is 4.79 Å². The van der Waals surface area contributed by atoms with E-state index in [9.17, 15) is 9.18 Å². The van der Waals surface area contributed by atoms with Gasteiger partial charge < -0.3 is 16.2 Å². The van der Waals surface area contributed by atoms with Crippen LogP contribution in [0.15, 0.2) is 18.2 Å². The first-order chi connectivity index (χ1) is 7.93. The summed E-state index contributed by atoms with van der Waals surface area (Å²) >= 11 is 5.65. The summed E-state index contributed by atoms with van der Waals surface area (Å²) in [5, 5.41) is 11.4. The van der Waals surface area contributed by atoms with Crippen LogP contribution in [0.3, 0.4) is 0 Å². The van der Waals surface area contributed by atoms with Crippen LogP contribution in [-0.2, 0) is 0 Å². The zero-order valence-electron chi connectivity index (χ0n) is 9.28. The van der Waals surface area contributed by atoms with Gasteiger partial charge in [-0.1, -0.05) is 17.7 Å². The molecular weight excluding hydrogens is 247 g/mol. The average Bonchev–Trinajstić information content (AvgIpc) is 2.29. The van der Waals surface area contributed by atoms with Gasteiger partial charge in [0.1, 0.15) is 5.82 Å². The lowest BCUT2D eigenvalue weighted by atomic mass is 10.1. The fourth-order valence-electron chi connectivity index (χ4n) is 1.16. The standard InChI is InChI=1S/C11H14ClFN2O2/c1-6(16)9(14)5-15-11(17)7-3-2-4-8(13)10(7)12/h2-4,6,9,16H,5,14H2,1H3,(H,15,17). The third-order valence-electron chi connectivity index (χ3n) is 2.31. The van der Waals surface area contributed by atoms with Gasteiger partial charge in [0.25, 0.3) is 5.91 Å². The summed E-state index contributed by atoms with van der Waals surface area (Å²) in [6.07, 6.45) is -0.738. The molecule has 0 aliphatic carbocycles. The molecule has 0 bridgehead atoms. The van der Waals surface area contributed by atoms with Gasteiger partial charge in [0.15, 0.2) is 0 Å². The van der Waals surface area contributed by atoms with Crippen LogP contribution in [0.2, 0.25) is 5.02 Å². The van der Waals surface area contributed by atoms with Gasteiger partial charge in [0.2, 0.25) is 0 Å². The van der Waals surface area contributed by atoms with Gasteiger partial charge >= 0.3 is 0 Å². The molecule has 2 unspecified atom stereocenters. The van der Waals surface area contributed by atoms with Crippen molar-refractivity contribution < 1.29 is 14.3 Å². The van der Waals surface area contributed by atoms with E-state index in [1.807, 2.05) is 0 Å². The molecule has 1 aromatic carbocycles. The number of carbonyl (C=O) groups excluding carboxylic acids is 1. The Labute approximate surface area is 104 Å². The van der Waals surface area contributed by atoms with E-state index < -0.39 is 23.9 Å². The van der Waals surface area contributed by atoms with E-state index in [4.69, 9.17) is 22.4 Å². The molecule has 94 valence electrons. The van der Waals surface area contributed by atoms with Gasteiger partial charge in [-0.05, 0) is 19.1 Å². The Morgan fingerprint density at radius 1 is 1.65 bits per heavy atom. The highest BCUT2D eigenvalue weighted by Gasteiger charge is 2.15. The maximum absolute atomic E-state index is 13.1. The van der Waals surface area contributed by atoms with Gasteiger partial charge in [-0.2, -0.15) is 0 Å². The van der Waals surface area contributed by atoms with E-state index in [1.165, 1.54) is 25.1 Å². The van der Waals surface area contributed by atoms with Crippen molar-refractivity contribution in [2.45, 2.75) is 19.1 Å². The molecule has 0 saturated carbocycles. The molecule has 6 heteroatoms. The van der Waals surface area contributed by atoms with Crippen molar-refractivity contribution in [1.82, 2.24) is 5.32 Å². The Bertz CT molecular complexity index is 412. The van der Waals surface area contributed by atoms with E-state index in [2.05, 4.69) is 5.32 Å². The summed E-state index contributed by atoms with van der Waals surface area (Å²) < 4.78 is 13.1. The topological polar surface area (TPSA) is 75.3 Å². The summed E-state index contributed by atoms with van der Waals surface area (Å²) in [5.74, 6) is -1.18. The summed E-state index contributed by atoms with van der Waals surface area (Å²) in [4.78, 5) is 11.6. The fourth-order valence-corrected chi connectivity index (χ4v) is 1.37. The van der Waals surface area contributed by atoms with Crippen LogP contribution < -0.4 is 11.1 Å². The van der Waals surface area contributed by atoms with Crippen LogP contribution in [0, 0.1) is 5.82 Å². The molecule has 0 fully saturated rings. The minimum atomic E-state index is -0.738. The van der Waals surface area contributed by atoms with Crippen LogP contribution in [0.4, 0.5) is 4.39 Å². The number of aliphatic hydroxyl groups is 1. The van der Waals surface area contributed by atoms with Gasteiger partial charge in [0.05, 0.1) is 16.7 Å². The van der Waals surface area contributed by atoms with Crippen molar-refractivity contribution in [1.29, 1.82) is 0 Å². The average molecular weight is 261 g/mol. The number of aliphatic hydroxyl groups excluding tert-OH is 1. The smallest absolute Gasteiger partial charge is 0.252 e. The van der Waals surface area contributed by atoms with Crippen molar-refractivity contribution in [2.75, 3.05) is 6.54 Å². The molecular formula is C11H14ClFN2O2. The minimum absolute atomic E-state index is 0.0458. The van der Waals surface area contributed by atoms with Crippen molar-refractivity contribution >= 4 is 17.5 Å². The van der Waals surface area contributed by atoms with Gasteiger partial charge in [0, 0.05) is 12.6 Å². The zero-order valence-corrected chi connectivity index (χ0v) is 10.0. The van der Waals surface area contributed by atoms with E-state index >= 15 is 0 Å². The summed E-state index contributed by atoms with van der Waals surface area (Å²) in [7, 11) is 0. The predicted octanol–water partition coefficient (Wildman–Crippen LogP) is 0.917. The maximum atomic E-state index is 13.1. The lowest BCUT2D eigenvalue weighted by molar-refractivity contribution is 0.0937. The van der Waals surface area contributed by atoms with Crippen LogP contribution in [-0.4, -0.2) is 29.7 Å². The second-order valence-corrected chi connectivity index (χ2v) is 4.09. The highest BCUT2D eigenvalue weighted by atomic mass is 35.5. The van der Waals surface area contributed by atoms with E-state index in [1.54, 1.807) is 0 Å². The molecule has 1 aromatic rings. The van der Waals surface area contributed by atoms with Crippen molar-refractivity contribution in [3.05, 3.63) is 34.6 Å². The Balaban J connectivity index is 2.68. The molecule has 0 saturated heterocycles. The molecule has 2 atom stereocenters. The van der Waals surface area contributed by atoms with E-state index in [0.717, 1.165) is 0 Å². The second-order valence-electron chi connectivity index (χ2n) is 3.72. The van der Waals surface area contributed by atoms with Crippen LogP contribution in [0.5, 0.6) is 0 Å². The molecule has 0 spiro atoms. The van der Waals surface area contributed by atoms with E-state index in [-0.39, 0.29) is 17.1 Å². The van der Waals surface area contributed by atoms with Crippen LogP contribution in [0.1, 0.15) is 17.3 Å². The first kappa shape index (κ1) is 13.9. The molecule has 0 heterocycles. The third-order valence-corrected chi connectivity index (χ3v) is 2.70. The highest BCUT2D eigenvalue weighted by Crippen LogP contribution is 2.19. The first-order valence-corrected chi connectivity index (χ1v) is 5.47. The summed E-state index contributed by atoms with van der Waals surface area (Å²) in [6.45, 7) is 1.61. The number of halogens is 2. The zero-order chi connectivity index (χ0) is 13.0. The number of carbonyl (C=O) groups is 1. The summed E-state index contributed by atoms with van der Waals surface area (Å²) in [6, 6.07) is 3.39. The molecule has 4 nitrogen and oxygen atoms in total. The lowest BCUT2D eigenvalue weighted by Crippen LogP contribution is -2.43. The third kappa shape index (κ3) is 3.66. The number of amides is 1. The Hall–Kier alpha value is -1.17. The SMILES string of the molecule is CC(O)C(N)CNC(=O)c1cccc(F)c1Cl. The number of benzene rings is 1. The number of nitrogens with one attached hydrogen (secondary N) is 1. The predicted molar refractivity (Wildman–Crippen MR) is 63.4 cm³/mol. The van der Waals surface area contributed by atoms with Crippen molar-refractivity contribution in [2.24, 2.45) is 5.73 Å². The Morgan fingerprint density at radius 2 is 2.29 bits per heavy atom. The number of hydrogen-bond donors (Lipinski definition) is 3. The van der Waals surface area contributed by atoms with E-state index in [0.29, 0.717) is 0 Å². The minimum Gasteiger partial charge on any atom is -0.392 e. The molecule has 0 aliphatic rings. The molecule has 1 amide bonds. The quantitative estimate of drug-likeness (QED) is 0.753. The molecule has 0 aromatic heterocycles. The Morgan fingerprint density at radius 3 is 2.88 bits per heavy atom. The monoisotopic (exact) mass is 260 g/mol. The molecule has 1 rings (SSSR count). The first-order valence-electron chi connectivity index (χ1n) is 5.09. The normalized spacial score (nSPS) is 14.2. The largest absolute Gasteiger partial charge is 0.392 e. The number of nitrogens with two attached hydrogens (primary N) is 1. The van der Waals surface area contributed by atoms with Crippen LogP contribution in [0.25, 0.3) is 0 Å². The van der Waals surface area contributed by atoms with Crippen LogP contribution >= 0.6 is 11.6 Å². The lowest BCUT2D eigenvalue weighted by Gasteiger charge is -2.15. The molecule has 0 aliphatic heterocycles. The molecule has 0 radical (unpaired) electrons. The molecule has 17 heavy (non-hydrogen) atoms. The van der Waals surface area contributed by atoms with Gasteiger partial charge in [-0.15, -0.1) is 0 Å². The van der Waals surface area contributed by atoms with Crippen molar-refractivity contribution in [3.63, 3.8) is 0 Å². The number of hydrogen-bond acceptors (Lipinski definition) is 3. The Kier molecular flexibility index (Phi) is 4.86.